The number of fused-ring (bicyclic) bond motifs is 1. The van der Waals surface area contributed by atoms with Gasteiger partial charge < -0.3 is 15.2 Å². The van der Waals surface area contributed by atoms with Gasteiger partial charge in [-0.15, -0.1) is 0 Å². The number of nitrogens with zero attached hydrogens (tertiary/aromatic N) is 2. The molecule has 2 aromatic heterocycles. The number of nitrogens with one attached hydrogen (secondary N) is 2. The van der Waals surface area contributed by atoms with Gasteiger partial charge in [-0.1, -0.05) is 35.0 Å². The van der Waals surface area contributed by atoms with E-state index in [4.69, 9.17) is 4.52 Å². The van der Waals surface area contributed by atoms with E-state index in [-0.39, 0.29) is 5.91 Å². The average Bonchev–Trinajstić information content (AvgIpc) is 3.30. The number of hydrogen-bond acceptors (Lipinski definition) is 5. The van der Waals surface area contributed by atoms with Crippen LogP contribution >= 0.6 is 0 Å². The van der Waals surface area contributed by atoms with Crippen LogP contribution in [0.5, 0.6) is 0 Å². The van der Waals surface area contributed by atoms with Crippen molar-refractivity contribution in [2.45, 2.75) is 32.7 Å². The average molecular weight is 350 g/mol. The molecule has 3 heterocycles. The third-order valence-electron chi connectivity index (χ3n) is 4.88. The molecular formula is C20H22N4O2. The molecule has 3 aromatic rings. The number of rotatable bonds is 4. The Morgan fingerprint density at radius 1 is 1.31 bits per heavy atom. The molecule has 1 atom stereocenters. The molecule has 2 N–H and O–H groups in total. The molecule has 26 heavy (non-hydrogen) atoms. The monoisotopic (exact) mass is 350 g/mol. The number of aryl methyl sites for hydroxylation is 2. The highest BCUT2D eigenvalue weighted by Crippen LogP contribution is 2.27. The Labute approximate surface area is 152 Å². The molecule has 1 fully saturated rings. The summed E-state index contributed by atoms with van der Waals surface area (Å²) in [4.78, 5) is 17.4. The minimum Gasteiger partial charge on any atom is -0.350 e. The third kappa shape index (κ3) is 3.20. The maximum Gasteiger partial charge on any atom is 0.259 e. The first-order valence-corrected chi connectivity index (χ1v) is 8.97. The van der Waals surface area contributed by atoms with Crippen molar-refractivity contribution in [1.29, 1.82) is 0 Å². The summed E-state index contributed by atoms with van der Waals surface area (Å²) in [5.41, 5.74) is 4.45. The largest absolute Gasteiger partial charge is 0.350 e. The first kappa shape index (κ1) is 16.7. The number of carbonyl (C=O) groups is 1. The van der Waals surface area contributed by atoms with Crippen LogP contribution in [0.25, 0.3) is 22.4 Å². The first-order valence-electron chi connectivity index (χ1n) is 8.97. The van der Waals surface area contributed by atoms with Gasteiger partial charge in [0.05, 0.1) is 22.3 Å². The Hall–Kier alpha value is -2.73. The molecule has 134 valence electrons. The topological polar surface area (TPSA) is 80.0 Å². The highest BCUT2D eigenvalue weighted by Gasteiger charge is 2.21. The summed E-state index contributed by atoms with van der Waals surface area (Å²) >= 11 is 0. The molecule has 1 unspecified atom stereocenters. The van der Waals surface area contributed by atoms with Crippen LogP contribution in [0.1, 0.15) is 34.5 Å². The van der Waals surface area contributed by atoms with E-state index in [0.29, 0.717) is 40.6 Å². The maximum atomic E-state index is 12.9. The van der Waals surface area contributed by atoms with E-state index in [1.807, 2.05) is 44.2 Å². The molecule has 6 heteroatoms. The quantitative estimate of drug-likeness (QED) is 0.756. The summed E-state index contributed by atoms with van der Waals surface area (Å²) in [6, 6.07) is 10.2. The van der Waals surface area contributed by atoms with Crippen molar-refractivity contribution in [2.75, 3.05) is 13.1 Å². The summed E-state index contributed by atoms with van der Waals surface area (Å²) in [5.74, 6) is -0.120. The number of pyridine rings is 1. The molecule has 1 saturated heterocycles. The zero-order chi connectivity index (χ0) is 18.1. The molecule has 1 amide bonds. The molecule has 0 saturated carbocycles. The predicted molar refractivity (Wildman–Crippen MR) is 100 cm³/mol. The Morgan fingerprint density at radius 3 is 2.85 bits per heavy atom. The van der Waals surface area contributed by atoms with Gasteiger partial charge in [0.25, 0.3) is 11.6 Å². The molecular weight excluding hydrogens is 328 g/mol. The van der Waals surface area contributed by atoms with E-state index in [1.54, 1.807) is 0 Å². The lowest BCUT2D eigenvalue weighted by Gasteiger charge is -2.12. The first-order chi connectivity index (χ1) is 12.6. The molecule has 0 aliphatic carbocycles. The summed E-state index contributed by atoms with van der Waals surface area (Å²) in [7, 11) is 0. The van der Waals surface area contributed by atoms with Gasteiger partial charge in [-0.05, 0) is 39.3 Å². The van der Waals surface area contributed by atoms with Gasteiger partial charge >= 0.3 is 0 Å². The fourth-order valence-electron chi connectivity index (χ4n) is 3.39. The lowest BCUT2D eigenvalue weighted by Crippen LogP contribution is -2.37. The minimum atomic E-state index is -0.120. The molecule has 6 nitrogen and oxygen atoms in total. The lowest BCUT2D eigenvalue weighted by molar-refractivity contribution is 0.0952. The molecule has 0 radical (unpaired) electrons. The van der Waals surface area contributed by atoms with Crippen LogP contribution in [0.3, 0.4) is 0 Å². The highest BCUT2D eigenvalue weighted by atomic mass is 16.5. The van der Waals surface area contributed by atoms with E-state index < -0.39 is 0 Å². The van der Waals surface area contributed by atoms with E-state index in [9.17, 15) is 4.79 Å². The van der Waals surface area contributed by atoms with Crippen molar-refractivity contribution in [3.05, 3.63) is 47.2 Å². The predicted octanol–water partition coefficient (Wildman–Crippen LogP) is 2.99. The number of carbonyl (C=O) groups excluding carboxylic acids is 1. The second kappa shape index (κ2) is 6.88. The smallest absolute Gasteiger partial charge is 0.259 e. The minimum absolute atomic E-state index is 0.120. The Kier molecular flexibility index (Phi) is 4.42. The van der Waals surface area contributed by atoms with Gasteiger partial charge in [0.2, 0.25) is 0 Å². The second-order valence-corrected chi connectivity index (χ2v) is 6.87. The van der Waals surface area contributed by atoms with Gasteiger partial charge in [0, 0.05) is 18.2 Å². The van der Waals surface area contributed by atoms with Gasteiger partial charge in [-0.25, -0.2) is 4.98 Å². The number of hydrogen-bond donors (Lipinski definition) is 2. The lowest BCUT2D eigenvalue weighted by atomic mass is 10.0. The zero-order valence-corrected chi connectivity index (χ0v) is 15.0. The molecule has 1 aliphatic rings. The third-order valence-corrected chi connectivity index (χ3v) is 4.88. The van der Waals surface area contributed by atoms with Crippen molar-refractivity contribution < 1.29 is 9.32 Å². The number of benzene rings is 1. The number of amides is 1. The normalized spacial score (nSPS) is 16.9. The van der Waals surface area contributed by atoms with Crippen LogP contribution in [0.4, 0.5) is 0 Å². The summed E-state index contributed by atoms with van der Waals surface area (Å²) in [5, 5.41) is 11.1. The molecule has 1 aromatic carbocycles. The van der Waals surface area contributed by atoms with E-state index >= 15 is 0 Å². The van der Waals surface area contributed by atoms with Crippen molar-refractivity contribution in [2.24, 2.45) is 0 Å². The van der Waals surface area contributed by atoms with Gasteiger partial charge in [0.15, 0.2) is 0 Å². The number of aromatic nitrogens is 2. The van der Waals surface area contributed by atoms with Crippen LogP contribution in [-0.2, 0) is 0 Å². The van der Waals surface area contributed by atoms with Crippen LogP contribution in [-0.4, -0.2) is 35.2 Å². The van der Waals surface area contributed by atoms with E-state index in [2.05, 4.69) is 20.8 Å². The van der Waals surface area contributed by atoms with Crippen molar-refractivity contribution in [1.82, 2.24) is 20.8 Å². The van der Waals surface area contributed by atoms with Crippen LogP contribution in [0, 0.1) is 13.8 Å². The van der Waals surface area contributed by atoms with Crippen molar-refractivity contribution in [3.63, 3.8) is 0 Å². The SMILES string of the molecule is Cc1ccc(-c2cc(C(=O)NCC3CCCN3)c3c(C)noc3n2)cc1. The van der Waals surface area contributed by atoms with Gasteiger partial charge in [-0.2, -0.15) is 0 Å². The van der Waals surface area contributed by atoms with Crippen molar-refractivity contribution >= 4 is 17.0 Å². The fraction of sp³-hybridized carbons (Fsp3) is 0.350. The summed E-state index contributed by atoms with van der Waals surface area (Å²) < 4.78 is 5.35. The highest BCUT2D eigenvalue weighted by molar-refractivity contribution is 6.07. The van der Waals surface area contributed by atoms with Crippen molar-refractivity contribution in [3.8, 4) is 11.3 Å². The Balaban J connectivity index is 1.70. The fourth-order valence-corrected chi connectivity index (χ4v) is 3.39. The standard InChI is InChI=1S/C20H22N4O2/c1-12-5-7-14(8-6-12)17-10-16(18-13(2)24-26-20(18)23-17)19(25)22-11-15-4-3-9-21-15/h5-8,10,15,21H,3-4,9,11H2,1-2H3,(H,22,25). The van der Waals surface area contributed by atoms with Crippen LogP contribution < -0.4 is 10.6 Å². The summed E-state index contributed by atoms with van der Waals surface area (Å²) in [6.07, 6.45) is 2.25. The van der Waals surface area contributed by atoms with Gasteiger partial charge in [-0.3, -0.25) is 4.79 Å². The van der Waals surface area contributed by atoms with Crippen LogP contribution in [0.15, 0.2) is 34.9 Å². The second-order valence-electron chi connectivity index (χ2n) is 6.87. The molecule has 1 aliphatic heterocycles. The van der Waals surface area contributed by atoms with Crippen LogP contribution in [0.2, 0.25) is 0 Å². The summed E-state index contributed by atoms with van der Waals surface area (Å²) in [6.45, 7) is 5.50. The van der Waals surface area contributed by atoms with E-state index in [0.717, 1.165) is 24.9 Å². The Bertz CT molecular complexity index is 940. The zero-order valence-electron chi connectivity index (χ0n) is 15.0. The Morgan fingerprint density at radius 2 is 2.12 bits per heavy atom. The van der Waals surface area contributed by atoms with Gasteiger partial charge in [0.1, 0.15) is 0 Å². The molecule has 0 bridgehead atoms. The molecule has 0 spiro atoms. The molecule has 4 rings (SSSR count). The maximum absolute atomic E-state index is 12.9. The van der Waals surface area contributed by atoms with E-state index in [1.165, 1.54) is 5.56 Å².